The molecule has 0 spiro atoms. The van der Waals surface area contributed by atoms with E-state index < -0.39 is 0 Å². The van der Waals surface area contributed by atoms with Crippen molar-refractivity contribution < 1.29 is 14.6 Å². The molecule has 176 valence electrons. The Hall–Kier alpha value is -2.95. The molecule has 0 saturated heterocycles. The third-order valence-corrected chi connectivity index (χ3v) is 5.80. The molecule has 0 bridgehead atoms. The van der Waals surface area contributed by atoms with Crippen molar-refractivity contribution in [1.82, 2.24) is 19.8 Å². The molecule has 1 amide bonds. The smallest absolute Gasteiger partial charge is 0.259 e. The number of fused-ring (bicyclic) bond motifs is 1. The maximum atomic E-state index is 13.4. The Morgan fingerprint density at radius 2 is 2.21 bits per heavy atom. The number of carbonyl (C=O) groups is 1. The second-order valence-electron chi connectivity index (χ2n) is 8.81. The molecule has 1 N–H and O–H groups in total. The van der Waals surface area contributed by atoms with Crippen LogP contribution in [0, 0.1) is 17.8 Å². The molecule has 2 aromatic rings. The maximum Gasteiger partial charge on any atom is 0.259 e. The summed E-state index contributed by atoms with van der Waals surface area (Å²) < 4.78 is 6.34. The highest BCUT2D eigenvalue weighted by Crippen LogP contribution is 2.27. The van der Waals surface area contributed by atoms with Gasteiger partial charge in [0.2, 0.25) is 5.88 Å². The lowest BCUT2D eigenvalue weighted by atomic mass is 9.99. The summed E-state index contributed by atoms with van der Waals surface area (Å²) in [5.74, 6) is 6.37. The van der Waals surface area contributed by atoms with Gasteiger partial charge in [-0.05, 0) is 38.1 Å². The maximum absolute atomic E-state index is 13.4. The lowest BCUT2D eigenvalue weighted by molar-refractivity contribution is 0.0325. The zero-order valence-corrected chi connectivity index (χ0v) is 20.0. The first kappa shape index (κ1) is 24.7. The van der Waals surface area contributed by atoms with Gasteiger partial charge in [-0.25, -0.2) is 4.98 Å². The van der Waals surface area contributed by atoms with Gasteiger partial charge in [-0.1, -0.05) is 31.8 Å². The normalized spacial score (nSPS) is 19.1. The van der Waals surface area contributed by atoms with E-state index in [1.54, 1.807) is 23.4 Å². The van der Waals surface area contributed by atoms with Crippen molar-refractivity contribution in [3.05, 3.63) is 53.5 Å². The molecule has 7 nitrogen and oxygen atoms in total. The lowest BCUT2D eigenvalue weighted by Gasteiger charge is -2.37. The second kappa shape index (κ2) is 11.8. The van der Waals surface area contributed by atoms with E-state index in [1.807, 2.05) is 32.3 Å². The van der Waals surface area contributed by atoms with E-state index in [0.717, 1.165) is 24.9 Å². The Balaban J connectivity index is 1.89. The average molecular weight is 451 g/mol. The van der Waals surface area contributed by atoms with Gasteiger partial charge in [-0.15, -0.1) is 0 Å². The van der Waals surface area contributed by atoms with Crippen molar-refractivity contribution in [2.24, 2.45) is 5.92 Å². The van der Waals surface area contributed by atoms with Crippen molar-refractivity contribution in [2.75, 3.05) is 26.7 Å². The molecule has 1 aliphatic heterocycles. The van der Waals surface area contributed by atoms with Crippen LogP contribution in [-0.2, 0) is 6.54 Å². The summed E-state index contributed by atoms with van der Waals surface area (Å²) in [6, 6.07) is 5.43. The lowest BCUT2D eigenvalue weighted by Crippen LogP contribution is -2.49. The van der Waals surface area contributed by atoms with E-state index in [9.17, 15) is 9.90 Å². The minimum Gasteiger partial charge on any atom is -0.472 e. The summed E-state index contributed by atoms with van der Waals surface area (Å²) in [4.78, 5) is 26.0. The van der Waals surface area contributed by atoms with Crippen LogP contribution in [0.2, 0.25) is 0 Å². The van der Waals surface area contributed by atoms with Crippen LogP contribution in [0.3, 0.4) is 0 Å². The van der Waals surface area contributed by atoms with Crippen LogP contribution in [0.25, 0.3) is 0 Å². The van der Waals surface area contributed by atoms with E-state index in [0.29, 0.717) is 30.1 Å². The number of likely N-dealkylation sites (N-methyl/N-ethyl adjacent to an activating group) is 1. The van der Waals surface area contributed by atoms with Gasteiger partial charge in [-0.2, -0.15) is 0 Å². The predicted octanol–water partition coefficient (Wildman–Crippen LogP) is 2.98. The molecule has 0 aliphatic carbocycles. The molecule has 0 saturated carbocycles. The van der Waals surface area contributed by atoms with Crippen molar-refractivity contribution in [3.63, 3.8) is 0 Å². The highest BCUT2D eigenvalue weighted by atomic mass is 16.5. The fourth-order valence-corrected chi connectivity index (χ4v) is 3.85. The van der Waals surface area contributed by atoms with E-state index in [4.69, 9.17) is 4.74 Å². The number of hydrogen-bond acceptors (Lipinski definition) is 6. The number of unbranched alkanes of at least 4 members (excludes halogenated alkanes) is 1. The van der Waals surface area contributed by atoms with Crippen molar-refractivity contribution in [2.45, 2.75) is 52.3 Å². The van der Waals surface area contributed by atoms with Crippen molar-refractivity contribution in [3.8, 4) is 17.7 Å². The van der Waals surface area contributed by atoms with E-state index >= 15 is 0 Å². The van der Waals surface area contributed by atoms with E-state index in [-0.39, 0.29) is 30.6 Å². The average Bonchev–Trinajstić information content (AvgIpc) is 2.82. The van der Waals surface area contributed by atoms with Gasteiger partial charge in [0, 0.05) is 56.1 Å². The van der Waals surface area contributed by atoms with Crippen molar-refractivity contribution >= 4 is 5.91 Å². The first-order valence-corrected chi connectivity index (χ1v) is 11.6. The number of aliphatic hydroxyl groups excluding tert-OH is 1. The summed E-state index contributed by atoms with van der Waals surface area (Å²) in [5, 5.41) is 9.80. The van der Waals surface area contributed by atoms with Crippen LogP contribution >= 0.6 is 0 Å². The largest absolute Gasteiger partial charge is 0.472 e. The monoisotopic (exact) mass is 450 g/mol. The molecule has 3 heterocycles. The summed E-state index contributed by atoms with van der Waals surface area (Å²) >= 11 is 0. The topological polar surface area (TPSA) is 78.8 Å². The van der Waals surface area contributed by atoms with E-state index in [1.165, 1.54) is 0 Å². The number of pyridine rings is 2. The van der Waals surface area contributed by atoms with Crippen molar-refractivity contribution in [1.29, 1.82) is 0 Å². The van der Waals surface area contributed by atoms with Gasteiger partial charge in [0.25, 0.3) is 5.91 Å². The van der Waals surface area contributed by atoms with Crippen LogP contribution in [0.5, 0.6) is 5.88 Å². The Bertz CT molecular complexity index is 986. The fraction of sp³-hybridized carbons (Fsp3) is 0.500. The Morgan fingerprint density at radius 1 is 1.39 bits per heavy atom. The third kappa shape index (κ3) is 6.53. The molecule has 3 rings (SSSR count). The Kier molecular flexibility index (Phi) is 8.81. The number of hydrogen-bond donors (Lipinski definition) is 1. The second-order valence-corrected chi connectivity index (χ2v) is 8.81. The molecule has 2 aromatic heterocycles. The van der Waals surface area contributed by atoms with Gasteiger partial charge in [0.15, 0.2) is 0 Å². The number of ether oxygens (including phenoxy) is 1. The summed E-state index contributed by atoms with van der Waals surface area (Å²) in [5.41, 5.74) is 2.21. The quantitative estimate of drug-likeness (QED) is 0.654. The first-order chi connectivity index (χ1) is 15.9. The SMILES string of the molecule is CCCC#Cc1cnc2c(c1)C(=O)N([C@@H](C)CO)C[C@@H](C)[C@@H](CN(C)Cc1cccnc1)O2. The molecule has 0 unspecified atom stereocenters. The standard InChI is InChI=1S/C26H34N4O3/c1-5-6-7-9-21-12-23-25(28-14-21)33-24(17-29(4)16-22-10-8-11-27-13-22)19(2)15-30(26(23)32)20(3)18-31/h8,10-14,19-20,24,31H,5-6,15-18H2,1-4H3/t19-,20+,24-/m1/s1. The highest BCUT2D eigenvalue weighted by molar-refractivity contribution is 5.97. The Morgan fingerprint density at radius 3 is 2.91 bits per heavy atom. The van der Waals surface area contributed by atoms with Gasteiger partial charge in [0.1, 0.15) is 11.7 Å². The molecule has 1 aliphatic rings. The molecular formula is C26H34N4O3. The molecule has 0 fully saturated rings. The molecular weight excluding hydrogens is 416 g/mol. The molecule has 3 atom stereocenters. The molecule has 0 radical (unpaired) electrons. The van der Waals surface area contributed by atoms with Gasteiger partial charge in [0.05, 0.1) is 12.6 Å². The molecule has 33 heavy (non-hydrogen) atoms. The number of amides is 1. The number of carbonyl (C=O) groups excluding carboxylic acids is 1. The van der Waals surface area contributed by atoms with Crippen LogP contribution in [-0.4, -0.2) is 69.7 Å². The summed E-state index contributed by atoms with van der Waals surface area (Å²) in [7, 11) is 2.04. The summed E-state index contributed by atoms with van der Waals surface area (Å²) in [6.45, 7) is 7.77. The summed E-state index contributed by atoms with van der Waals surface area (Å²) in [6.07, 6.45) is 6.87. The molecule has 0 aromatic carbocycles. The van der Waals surface area contributed by atoms with Gasteiger partial charge >= 0.3 is 0 Å². The number of aromatic nitrogens is 2. The van der Waals surface area contributed by atoms with Gasteiger partial charge in [-0.3, -0.25) is 14.7 Å². The van der Waals surface area contributed by atoms with Crippen LogP contribution < -0.4 is 4.74 Å². The minimum atomic E-state index is -0.311. The minimum absolute atomic E-state index is 0.0401. The first-order valence-electron chi connectivity index (χ1n) is 11.6. The zero-order chi connectivity index (χ0) is 23.8. The molecule has 7 heteroatoms. The zero-order valence-electron chi connectivity index (χ0n) is 20.0. The number of nitrogens with zero attached hydrogens (tertiary/aromatic N) is 4. The van der Waals surface area contributed by atoms with Crippen LogP contribution in [0.1, 0.15) is 55.1 Å². The number of aliphatic hydroxyl groups is 1. The number of rotatable bonds is 7. The fourth-order valence-electron chi connectivity index (χ4n) is 3.85. The van der Waals surface area contributed by atoms with E-state index in [2.05, 4.69) is 40.6 Å². The highest BCUT2D eigenvalue weighted by Gasteiger charge is 2.34. The predicted molar refractivity (Wildman–Crippen MR) is 128 cm³/mol. The Labute approximate surface area is 196 Å². The van der Waals surface area contributed by atoms with Gasteiger partial charge < -0.3 is 14.7 Å². The van der Waals surface area contributed by atoms with Crippen LogP contribution in [0.15, 0.2) is 36.8 Å². The third-order valence-electron chi connectivity index (χ3n) is 5.80. The van der Waals surface area contributed by atoms with Crippen LogP contribution in [0.4, 0.5) is 0 Å².